The minimum atomic E-state index is 0.528. The van der Waals surface area contributed by atoms with E-state index in [1.807, 2.05) is 0 Å². The van der Waals surface area contributed by atoms with E-state index in [0.717, 1.165) is 23.9 Å². The zero-order valence-corrected chi connectivity index (χ0v) is 15.1. The lowest BCUT2D eigenvalue weighted by atomic mass is 9.67. The van der Waals surface area contributed by atoms with E-state index in [9.17, 15) is 0 Å². The van der Waals surface area contributed by atoms with E-state index in [0.29, 0.717) is 21.7 Å². The molecule has 0 heterocycles. The molecule has 0 aliphatic heterocycles. The first-order chi connectivity index (χ1) is 9.63. The first kappa shape index (κ1) is 14.5. The second-order valence-electron chi connectivity index (χ2n) is 10.5. The van der Waals surface area contributed by atoms with Crippen molar-refractivity contribution in [1.82, 2.24) is 5.32 Å². The second kappa shape index (κ2) is 3.89. The fourth-order valence-electron chi connectivity index (χ4n) is 7.15. The topological polar surface area (TPSA) is 12.0 Å². The van der Waals surface area contributed by atoms with Crippen LogP contribution in [0.1, 0.15) is 80.1 Å². The maximum atomic E-state index is 4.23. The molecule has 0 amide bonds. The van der Waals surface area contributed by atoms with Gasteiger partial charge in [-0.15, -0.1) is 0 Å². The molecule has 4 rings (SSSR count). The monoisotopic (exact) mass is 289 g/mol. The molecule has 0 aromatic heterocycles. The van der Waals surface area contributed by atoms with Crippen molar-refractivity contribution < 1.29 is 0 Å². The average Bonchev–Trinajstić information content (AvgIpc) is 2.90. The molecule has 4 aliphatic carbocycles. The molecular formula is C20H35N. The Balaban J connectivity index is 1.57. The summed E-state index contributed by atoms with van der Waals surface area (Å²) in [6.07, 6.45) is 8.69. The van der Waals surface area contributed by atoms with Gasteiger partial charge < -0.3 is 5.32 Å². The lowest BCUT2D eigenvalue weighted by Gasteiger charge is -2.45. The maximum Gasteiger partial charge on any atom is 0.0132 e. The van der Waals surface area contributed by atoms with Crippen LogP contribution in [-0.4, -0.2) is 12.1 Å². The molecule has 6 unspecified atom stereocenters. The lowest BCUT2D eigenvalue weighted by molar-refractivity contribution is 0.0761. The highest BCUT2D eigenvalue weighted by Crippen LogP contribution is 2.68. The summed E-state index contributed by atoms with van der Waals surface area (Å²) in [5.74, 6) is 1.92. The first-order valence-corrected chi connectivity index (χ1v) is 9.39. The largest absolute Gasteiger partial charge is 0.310 e. The molecule has 0 aromatic carbocycles. The van der Waals surface area contributed by atoms with Crippen molar-refractivity contribution in [2.24, 2.45) is 33.5 Å². The van der Waals surface area contributed by atoms with Gasteiger partial charge in [-0.05, 0) is 72.0 Å². The Hall–Kier alpha value is -0.0400. The Kier molecular flexibility index (Phi) is 2.69. The summed E-state index contributed by atoms with van der Waals surface area (Å²) in [6, 6.07) is 1.53. The lowest BCUT2D eigenvalue weighted by Crippen LogP contribution is -2.53. The van der Waals surface area contributed by atoms with Gasteiger partial charge in [0.05, 0.1) is 0 Å². The first-order valence-electron chi connectivity index (χ1n) is 9.39. The van der Waals surface area contributed by atoms with Gasteiger partial charge in [0, 0.05) is 12.1 Å². The number of rotatable bonds is 2. The van der Waals surface area contributed by atoms with Crippen molar-refractivity contribution in [2.75, 3.05) is 0 Å². The quantitative estimate of drug-likeness (QED) is 0.754. The van der Waals surface area contributed by atoms with Gasteiger partial charge in [-0.25, -0.2) is 0 Å². The second-order valence-corrected chi connectivity index (χ2v) is 10.5. The average molecular weight is 290 g/mol. The Morgan fingerprint density at radius 1 is 0.667 bits per heavy atom. The van der Waals surface area contributed by atoms with Crippen molar-refractivity contribution >= 4 is 0 Å². The minimum Gasteiger partial charge on any atom is -0.310 e. The van der Waals surface area contributed by atoms with E-state index in [-0.39, 0.29) is 0 Å². The maximum absolute atomic E-state index is 4.23. The van der Waals surface area contributed by atoms with Crippen LogP contribution in [0.15, 0.2) is 0 Å². The molecule has 4 saturated carbocycles. The number of nitrogens with one attached hydrogen (secondary N) is 1. The molecule has 0 saturated heterocycles. The molecule has 1 heteroatoms. The van der Waals surface area contributed by atoms with Crippen LogP contribution in [0.25, 0.3) is 0 Å². The van der Waals surface area contributed by atoms with Gasteiger partial charge in [-0.2, -0.15) is 0 Å². The van der Waals surface area contributed by atoms with Crippen LogP contribution in [0.3, 0.4) is 0 Å². The van der Waals surface area contributed by atoms with E-state index in [1.54, 1.807) is 0 Å². The molecule has 4 bridgehead atoms. The molecular weight excluding hydrogens is 254 g/mol. The summed E-state index contributed by atoms with van der Waals surface area (Å²) >= 11 is 0. The summed E-state index contributed by atoms with van der Waals surface area (Å²) < 4.78 is 0. The molecule has 4 aliphatic rings. The number of hydrogen-bond donors (Lipinski definition) is 1. The van der Waals surface area contributed by atoms with Crippen LogP contribution >= 0.6 is 0 Å². The third kappa shape index (κ3) is 1.48. The fourth-order valence-corrected chi connectivity index (χ4v) is 7.15. The van der Waals surface area contributed by atoms with E-state index >= 15 is 0 Å². The summed E-state index contributed by atoms with van der Waals surface area (Å²) in [6.45, 7) is 15.3. The predicted octanol–water partition coefficient (Wildman–Crippen LogP) is 5.01. The van der Waals surface area contributed by atoms with Gasteiger partial charge in [-0.3, -0.25) is 0 Å². The third-order valence-corrected chi connectivity index (χ3v) is 9.99. The standard InChI is InChI=1S/C20H35N/c1-17(2)13-7-9-19(17,5)15(11-13)21-16-12-14-8-10-20(16,6)18(14,3)4/h13-16,21H,7-12H2,1-6H3. The highest BCUT2D eigenvalue weighted by molar-refractivity contribution is 5.17. The van der Waals surface area contributed by atoms with Crippen molar-refractivity contribution in [2.45, 2.75) is 92.2 Å². The SMILES string of the molecule is CC1(C)C2CCC1(C)C(NC1CC3CCC1(C)C3(C)C)C2. The highest BCUT2D eigenvalue weighted by atomic mass is 15.0. The van der Waals surface area contributed by atoms with Crippen LogP contribution in [0.2, 0.25) is 0 Å². The van der Waals surface area contributed by atoms with Crippen molar-refractivity contribution in [1.29, 1.82) is 0 Å². The normalized spacial score (nSPS) is 56.3. The molecule has 6 atom stereocenters. The van der Waals surface area contributed by atoms with Crippen molar-refractivity contribution in [3.8, 4) is 0 Å². The molecule has 0 radical (unpaired) electrons. The van der Waals surface area contributed by atoms with Gasteiger partial charge >= 0.3 is 0 Å². The molecule has 1 N–H and O–H groups in total. The Morgan fingerprint density at radius 3 is 1.29 bits per heavy atom. The van der Waals surface area contributed by atoms with Crippen LogP contribution in [0.5, 0.6) is 0 Å². The Labute approximate surface area is 131 Å². The van der Waals surface area contributed by atoms with Gasteiger partial charge in [-0.1, -0.05) is 41.5 Å². The van der Waals surface area contributed by atoms with E-state index in [1.165, 1.54) is 38.5 Å². The van der Waals surface area contributed by atoms with Gasteiger partial charge in [0.15, 0.2) is 0 Å². The van der Waals surface area contributed by atoms with Crippen molar-refractivity contribution in [3.05, 3.63) is 0 Å². The van der Waals surface area contributed by atoms with Gasteiger partial charge in [0.25, 0.3) is 0 Å². The van der Waals surface area contributed by atoms with Crippen LogP contribution in [0, 0.1) is 33.5 Å². The van der Waals surface area contributed by atoms with E-state index in [4.69, 9.17) is 0 Å². The molecule has 1 nitrogen and oxygen atoms in total. The van der Waals surface area contributed by atoms with E-state index in [2.05, 4.69) is 46.9 Å². The van der Waals surface area contributed by atoms with Crippen molar-refractivity contribution in [3.63, 3.8) is 0 Å². The molecule has 21 heavy (non-hydrogen) atoms. The molecule has 0 spiro atoms. The number of fused-ring (bicyclic) bond motifs is 4. The molecule has 4 fully saturated rings. The zero-order chi connectivity index (χ0) is 15.3. The Bertz CT molecular complexity index is 422. The summed E-state index contributed by atoms with van der Waals surface area (Å²) in [5, 5.41) is 4.23. The molecule has 0 aromatic rings. The van der Waals surface area contributed by atoms with Gasteiger partial charge in [0.2, 0.25) is 0 Å². The number of hydrogen-bond acceptors (Lipinski definition) is 1. The van der Waals surface area contributed by atoms with Gasteiger partial charge in [0.1, 0.15) is 0 Å². The van der Waals surface area contributed by atoms with Crippen LogP contribution in [0.4, 0.5) is 0 Å². The predicted molar refractivity (Wildman–Crippen MR) is 89.2 cm³/mol. The summed E-state index contributed by atoms with van der Waals surface area (Å²) in [7, 11) is 0. The zero-order valence-electron chi connectivity index (χ0n) is 15.1. The fraction of sp³-hybridized carbons (Fsp3) is 1.00. The third-order valence-electron chi connectivity index (χ3n) is 9.99. The molecule has 120 valence electrons. The summed E-state index contributed by atoms with van der Waals surface area (Å²) in [5.41, 5.74) is 2.14. The van der Waals surface area contributed by atoms with Crippen LogP contribution < -0.4 is 5.32 Å². The summed E-state index contributed by atoms with van der Waals surface area (Å²) in [4.78, 5) is 0. The Morgan fingerprint density at radius 2 is 1.05 bits per heavy atom. The highest BCUT2D eigenvalue weighted by Gasteiger charge is 2.65. The van der Waals surface area contributed by atoms with E-state index < -0.39 is 0 Å². The van der Waals surface area contributed by atoms with Crippen LogP contribution in [-0.2, 0) is 0 Å². The smallest absolute Gasteiger partial charge is 0.0132 e. The minimum absolute atomic E-state index is 0.528.